The van der Waals surface area contributed by atoms with Gasteiger partial charge in [0.05, 0.1) is 11.7 Å². The smallest absolute Gasteiger partial charge is 0.224 e. The van der Waals surface area contributed by atoms with Crippen LogP contribution in [0.1, 0.15) is 26.2 Å². The van der Waals surface area contributed by atoms with Gasteiger partial charge in [0, 0.05) is 17.5 Å². The highest BCUT2D eigenvalue weighted by Gasteiger charge is 2.02. The summed E-state index contributed by atoms with van der Waals surface area (Å²) in [5.74, 6) is 0.0701. The number of anilines is 1. The monoisotopic (exact) mass is 217 g/mol. The van der Waals surface area contributed by atoms with E-state index in [1.807, 2.05) is 18.2 Å². The Kier molecular flexibility index (Phi) is 3.19. The van der Waals surface area contributed by atoms with E-state index in [9.17, 15) is 4.79 Å². The number of hydrogen-bond acceptors (Lipinski definition) is 2. The maximum Gasteiger partial charge on any atom is 0.224 e. The van der Waals surface area contributed by atoms with Crippen LogP contribution in [0.15, 0.2) is 24.4 Å². The molecule has 0 bridgehead atoms. The minimum atomic E-state index is 0.0701. The Labute approximate surface area is 94.0 Å². The summed E-state index contributed by atoms with van der Waals surface area (Å²) in [5, 5.41) is 10.7. The zero-order valence-electron chi connectivity index (χ0n) is 9.29. The number of carbonyl (C=O) groups is 1. The van der Waals surface area contributed by atoms with Gasteiger partial charge in [-0.15, -0.1) is 0 Å². The summed E-state index contributed by atoms with van der Waals surface area (Å²) in [7, 11) is 0. The van der Waals surface area contributed by atoms with Gasteiger partial charge in [-0.1, -0.05) is 13.3 Å². The molecular formula is C12H15N3O. The van der Waals surface area contributed by atoms with E-state index >= 15 is 0 Å². The maximum atomic E-state index is 11.5. The Morgan fingerprint density at radius 3 is 3.19 bits per heavy atom. The van der Waals surface area contributed by atoms with Crippen LogP contribution in [0, 0.1) is 0 Å². The molecule has 0 atom stereocenters. The summed E-state index contributed by atoms with van der Waals surface area (Å²) >= 11 is 0. The number of H-pyrrole nitrogens is 1. The van der Waals surface area contributed by atoms with Gasteiger partial charge in [-0.3, -0.25) is 9.89 Å². The molecule has 0 aliphatic heterocycles. The number of nitrogens with zero attached hydrogens (tertiary/aromatic N) is 1. The number of unbranched alkanes of at least 4 members (excludes halogenated alkanes) is 1. The second-order valence-corrected chi connectivity index (χ2v) is 3.82. The SMILES string of the molecule is CCCCC(=O)Nc1ccc2cn[nH]c2c1. The molecule has 1 aromatic heterocycles. The van der Waals surface area contributed by atoms with Crippen LogP contribution in [0.2, 0.25) is 0 Å². The average molecular weight is 217 g/mol. The summed E-state index contributed by atoms with van der Waals surface area (Å²) in [6, 6.07) is 5.72. The minimum Gasteiger partial charge on any atom is -0.326 e. The predicted octanol–water partition coefficient (Wildman–Crippen LogP) is 2.69. The molecular weight excluding hydrogens is 202 g/mol. The second-order valence-electron chi connectivity index (χ2n) is 3.82. The Morgan fingerprint density at radius 2 is 2.38 bits per heavy atom. The molecule has 0 saturated carbocycles. The van der Waals surface area contributed by atoms with Crippen LogP contribution in [0.25, 0.3) is 10.9 Å². The van der Waals surface area contributed by atoms with Crippen molar-refractivity contribution in [1.29, 1.82) is 0 Å². The molecule has 1 amide bonds. The zero-order valence-corrected chi connectivity index (χ0v) is 9.29. The average Bonchev–Trinajstić information content (AvgIpc) is 2.73. The topological polar surface area (TPSA) is 57.8 Å². The van der Waals surface area contributed by atoms with Crippen molar-refractivity contribution >= 4 is 22.5 Å². The highest BCUT2D eigenvalue weighted by Crippen LogP contribution is 2.16. The van der Waals surface area contributed by atoms with Crippen LogP contribution in [0.3, 0.4) is 0 Å². The molecule has 0 radical (unpaired) electrons. The van der Waals surface area contributed by atoms with Crippen molar-refractivity contribution in [3.8, 4) is 0 Å². The van der Waals surface area contributed by atoms with Crippen LogP contribution >= 0.6 is 0 Å². The van der Waals surface area contributed by atoms with E-state index in [0.717, 1.165) is 29.4 Å². The van der Waals surface area contributed by atoms with Gasteiger partial charge in [0.1, 0.15) is 0 Å². The fourth-order valence-corrected chi connectivity index (χ4v) is 1.58. The normalized spacial score (nSPS) is 10.6. The van der Waals surface area contributed by atoms with Crippen LogP contribution < -0.4 is 5.32 Å². The molecule has 2 N–H and O–H groups in total. The Morgan fingerprint density at radius 1 is 1.50 bits per heavy atom. The number of nitrogens with one attached hydrogen (secondary N) is 2. The van der Waals surface area contributed by atoms with Crippen LogP contribution in [-0.4, -0.2) is 16.1 Å². The van der Waals surface area contributed by atoms with E-state index in [1.165, 1.54) is 0 Å². The van der Waals surface area contributed by atoms with Crippen molar-refractivity contribution in [3.63, 3.8) is 0 Å². The lowest BCUT2D eigenvalue weighted by Gasteiger charge is -2.04. The molecule has 0 fully saturated rings. The summed E-state index contributed by atoms with van der Waals surface area (Å²) in [4.78, 5) is 11.5. The zero-order chi connectivity index (χ0) is 11.4. The lowest BCUT2D eigenvalue weighted by molar-refractivity contribution is -0.116. The number of aromatic amines is 1. The summed E-state index contributed by atoms with van der Waals surface area (Å²) in [6.07, 6.45) is 4.31. The lowest BCUT2D eigenvalue weighted by Crippen LogP contribution is -2.10. The standard InChI is InChI=1S/C12H15N3O/c1-2-3-4-12(16)14-10-6-5-9-8-13-15-11(9)7-10/h5-8H,2-4H2,1H3,(H,13,15)(H,14,16). The third-order valence-corrected chi connectivity index (χ3v) is 2.48. The first-order valence-corrected chi connectivity index (χ1v) is 5.52. The molecule has 16 heavy (non-hydrogen) atoms. The number of benzene rings is 1. The summed E-state index contributed by atoms with van der Waals surface area (Å²) < 4.78 is 0. The third kappa shape index (κ3) is 2.39. The number of aromatic nitrogens is 2. The molecule has 0 saturated heterocycles. The van der Waals surface area contributed by atoms with E-state index in [-0.39, 0.29) is 5.91 Å². The number of rotatable bonds is 4. The van der Waals surface area contributed by atoms with Crippen molar-refractivity contribution in [2.45, 2.75) is 26.2 Å². The summed E-state index contributed by atoms with van der Waals surface area (Å²) in [6.45, 7) is 2.07. The largest absolute Gasteiger partial charge is 0.326 e. The highest BCUT2D eigenvalue weighted by molar-refractivity contribution is 5.93. The van der Waals surface area contributed by atoms with Crippen molar-refractivity contribution in [1.82, 2.24) is 10.2 Å². The van der Waals surface area contributed by atoms with Crippen LogP contribution in [0.4, 0.5) is 5.69 Å². The molecule has 1 aromatic carbocycles. The van der Waals surface area contributed by atoms with E-state index in [1.54, 1.807) is 6.20 Å². The fraction of sp³-hybridized carbons (Fsp3) is 0.333. The predicted molar refractivity (Wildman–Crippen MR) is 64.2 cm³/mol. The molecule has 0 spiro atoms. The van der Waals surface area contributed by atoms with Gasteiger partial charge in [-0.2, -0.15) is 5.10 Å². The molecule has 1 heterocycles. The van der Waals surface area contributed by atoms with E-state index in [4.69, 9.17) is 0 Å². The number of carbonyl (C=O) groups excluding carboxylic acids is 1. The maximum absolute atomic E-state index is 11.5. The Balaban J connectivity index is 2.06. The van der Waals surface area contributed by atoms with Crippen molar-refractivity contribution in [2.75, 3.05) is 5.32 Å². The first-order valence-electron chi connectivity index (χ1n) is 5.52. The highest BCUT2D eigenvalue weighted by atomic mass is 16.1. The van der Waals surface area contributed by atoms with Gasteiger partial charge < -0.3 is 5.32 Å². The molecule has 4 heteroatoms. The number of fused-ring (bicyclic) bond motifs is 1. The quantitative estimate of drug-likeness (QED) is 0.827. The first-order chi connectivity index (χ1) is 7.79. The van der Waals surface area contributed by atoms with Gasteiger partial charge in [-0.25, -0.2) is 0 Å². The number of amides is 1. The van der Waals surface area contributed by atoms with Crippen LogP contribution in [0.5, 0.6) is 0 Å². The molecule has 84 valence electrons. The number of hydrogen-bond donors (Lipinski definition) is 2. The fourth-order valence-electron chi connectivity index (χ4n) is 1.58. The molecule has 2 rings (SSSR count). The van der Waals surface area contributed by atoms with E-state index < -0.39 is 0 Å². The molecule has 2 aromatic rings. The molecule has 4 nitrogen and oxygen atoms in total. The lowest BCUT2D eigenvalue weighted by atomic mass is 10.2. The Hall–Kier alpha value is -1.84. The van der Waals surface area contributed by atoms with Crippen molar-refractivity contribution < 1.29 is 4.79 Å². The van der Waals surface area contributed by atoms with Gasteiger partial charge in [0.15, 0.2) is 0 Å². The van der Waals surface area contributed by atoms with E-state index in [0.29, 0.717) is 6.42 Å². The van der Waals surface area contributed by atoms with Gasteiger partial charge in [0.2, 0.25) is 5.91 Å². The minimum absolute atomic E-state index is 0.0701. The third-order valence-electron chi connectivity index (χ3n) is 2.48. The second kappa shape index (κ2) is 4.79. The van der Waals surface area contributed by atoms with E-state index in [2.05, 4.69) is 22.4 Å². The summed E-state index contributed by atoms with van der Waals surface area (Å²) in [5.41, 5.74) is 1.76. The van der Waals surface area contributed by atoms with Crippen molar-refractivity contribution in [3.05, 3.63) is 24.4 Å². The first kappa shape index (κ1) is 10.7. The van der Waals surface area contributed by atoms with Gasteiger partial charge in [0.25, 0.3) is 0 Å². The van der Waals surface area contributed by atoms with Gasteiger partial charge >= 0.3 is 0 Å². The molecule has 0 unspecified atom stereocenters. The Bertz CT molecular complexity index is 490. The van der Waals surface area contributed by atoms with Gasteiger partial charge in [-0.05, 0) is 24.6 Å². The van der Waals surface area contributed by atoms with Crippen molar-refractivity contribution in [2.24, 2.45) is 0 Å². The molecule has 0 aliphatic rings. The van der Waals surface area contributed by atoms with Crippen LogP contribution in [-0.2, 0) is 4.79 Å². The molecule has 0 aliphatic carbocycles.